The van der Waals surface area contributed by atoms with Gasteiger partial charge in [-0.3, -0.25) is 5.32 Å². The molecule has 176 valence electrons. The van der Waals surface area contributed by atoms with Crippen molar-refractivity contribution in [1.29, 1.82) is 0 Å². The number of aliphatic hydroxyl groups is 1. The molecule has 2 aromatic rings. The number of carbonyl (C=O) groups excluding carboxylic acids is 1. The lowest BCUT2D eigenvalue weighted by molar-refractivity contribution is 0.0929. The van der Waals surface area contributed by atoms with Crippen LogP contribution in [0.25, 0.3) is 0 Å². The molecular formula is C24H36N2O5Si. The molecule has 7 nitrogen and oxygen atoms in total. The van der Waals surface area contributed by atoms with Gasteiger partial charge in [-0.1, -0.05) is 51.1 Å². The molecule has 1 heterocycles. The van der Waals surface area contributed by atoms with E-state index in [9.17, 15) is 9.90 Å². The molecule has 1 unspecified atom stereocenters. The molecule has 0 saturated carbocycles. The number of pyridine rings is 1. The van der Waals surface area contributed by atoms with E-state index in [0.29, 0.717) is 31.0 Å². The number of hydrogen-bond acceptors (Lipinski definition) is 6. The summed E-state index contributed by atoms with van der Waals surface area (Å²) in [5.74, 6) is 0.297. The standard InChI is InChI=1S/C24H36N2O5Si/c1-24(2,3)32(5,6)31-17-20(27)14-12-19-13-15-21(22(25-19)29-4)26-23(28)30-16-18-10-8-7-9-11-18/h7-11,13,15,20,27H,12,14,16-17H2,1-6H3,(H,26,28). The summed E-state index contributed by atoms with van der Waals surface area (Å²) >= 11 is 0. The van der Waals surface area contributed by atoms with Crippen molar-refractivity contribution in [3.63, 3.8) is 0 Å². The van der Waals surface area contributed by atoms with Crippen LogP contribution in [0.1, 0.15) is 38.4 Å². The molecule has 1 aromatic heterocycles. The van der Waals surface area contributed by atoms with E-state index in [2.05, 4.69) is 44.2 Å². The van der Waals surface area contributed by atoms with Crippen molar-refractivity contribution in [2.45, 2.75) is 64.5 Å². The monoisotopic (exact) mass is 460 g/mol. The van der Waals surface area contributed by atoms with Gasteiger partial charge in [-0.25, -0.2) is 9.78 Å². The highest BCUT2D eigenvalue weighted by atomic mass is 28.4. The minimum Gasteiger partial charge on any atom is -0.480 e. The number of nitrogens with zero attached hydrogens (tertiary/aromatic N) is 1. The summed E-state index contributed by atoms with van der Waals surface area (Å²) in [6, 6.07) is 13.0. The first kappa shape index (κ1) is 25.8. The molecular weight excluding hydrogens is 424 g/mol. The van der Waals surface area contributed by atoms with Crippen LogP contribution >= 0.6 is 0 Å². The average molecular weight is 461 g/mol. The van der Waals surface area contributed by atoms with Gasteiger partial charge in [-0.2, -0.15) is 0 Å². The van der Waals surface area contributed by atoms with Crippen LogP contribution in [-0.2, 0) is 22.2 Å². The molecule has 1 aromatic carbocycles. The summed E-state index contributed by atoms with van der Waals surface area (Å²) in [5.41, 5.74) is 2.09. The zero-order chi connectivity index (χ0) is 23.8. The first-order valence-electron chi connectivity index (χ1n) is 10.9. The van der Waals surface area contributed by atoms with E-state index in [1.807, 2.05) is 30.3 Å². The van der Waals surface area contributed by atoms with Gasteiger partial charge in [-0.05, 0) is 48.7 Å². The SMILES string of the molecule is COc1nc(CCC(O)CO[Si](C)(C)C(C)(C)C)ccc1NC(=O)OCc1ccccc1. The van der Waals surface area contributed by atoms with Crippen LogP contribution in [0.2, 0.25) is 18.1 Å². The highest BCUT2D eigenvalue weighted by Gasteiger charge is 2.37. The van der Waals surface area contributed by atoms with Crippen molar-refractivity contribution < 1.29 is 23.8 Å². The van der Waals surface area contributed by atoms with Crippen LogP contribution in [0.4, 0.5) is 10.5 Å². The third kappa shape index (κ3) is 7.92. The highest BCUT2D eigenvalue weighted by Crippen LogP contribution is 2.36. The van der Waals surface area contributed by atoms with Gasteiger partial charge in [0.25, 0.3) is 0 Å². The summed E-state index contributed by atoms with van der Waals surface area (Å²) < 4.78 is 16.7. The largest absolute Gasteiger partial charge is 0.480 e. The second-order valence-corrected chi connectivity index (χ2v) is 14.1. The molecule has 0 fully saturated rings. The van der Waals surface area contributed by atoms with Gasteiger partial charge < -0.3 is 19.0 Å². The fraction of sp³-hybridized carbons (Fsp3) is 0.500. The van der Waals surface area contributed by atoms with Crippen molar-refractivity contribution in [3.05, 3.63) is 53.7 Å². The molecule has 0 aliphatic carbocycles. The topological polar surface area (TPSA) is 89.9 Å². The van der Waals surface area contributed by atoms with Gasteiger partial charge in [0.1, 0.15) is 12.3 Å². The summed E-state index contributed by atoms with van der Waals surface area (Å²) in [6.45, 7) is 11.4. The molecule has 0 spiro atoms. The second kappa shape index (κ2) is 11.4. The van der Waals surface area contributed by atoms with E-state index in [-0.39, 0.29) is 11.6 Å². The molecule has 32 heavy (non-hydrogen) atoms. The number of anilines is 1. The Morgan fingerprint density at radius 1 is 1.16 bits per heavy atom. The Labute approximate surface area is 192 Å². The third-order valence-electron chi connectivity index (χ3n) is 5.74. The number of ether oxygens (including phenoxy) is 2. The normalized spacial score (nSPS) is 12.8. The summed E-state index contributed by atoms with van der Waals surface area (Å²) in [6.07, 6.45) is -0.0593. The molecule has 1 atom stereocenters. The number of benzene rings is 1. The number of aryl methyl sites for hydroxylation is 1. The summed E-state index contributed by atoms with van der Waals surface area (Å²) in [4.78, 5) is 16.6. The zero-order valence-corrected chi connectivity index (χ0v) is 21.0. The minimum absolute atomic E-state index is 0.104. The Bertz CT molecular complexity index is 868. The van der Waals surface area contributed by atoms with Gasteiger partial charge in [0.2, 0.25) is 5.88 Å². The lowest BCUT2D eigenvalue weighted by Gasteiger charge is -2.36. The molecule has 8 heteroatoms. The fourth-order valence-corrected chi connectivity index (χ4v) is 3.70. The summed E-state index contributed by atoms with van der Waals surface area (Å²) in [7, 11) is -0.396. The number of methoxy groups -OCH3 is 1. The Morgan fingerprint density at radius 2 is 1.84 bits per heavy atom. The van der Waals surface area contributed by atoms with Crippen molar-refractivity contribution in [1.82, 2.24) is 4.98 Å². The molecule has 0 bridgehead atoms. The second-order valence-electron chi connectivity index (χ2n) is 9.31. The van der Waals surface area contributed by atoms with Gasteiger partial charge in [0.05, 0.1) is 19.8 Å². The Balaban J connectivity index is 1.86. The van der Waals surface area contributed by atoms with E-state index in [4.69, 9.17) is 13.9 Å². The first-order valence-corrected chi connectivity index (χ1v) is 13.8. The predicted octanol–water partition coefficient (Wildman–Crippen LogP) is 5.15. The Kier molecular flexibility index (Phi) is 9.24. The van der Waals surface area contributed by atoms with Crippen molar-refractivity contribution in [2.75, 3.05) is 19.0 Å². The van der Waals surface area contributed by atoms with Crippen LogP contribution in [0.3, 0.4) is 0 Å². The maximum absolute atomic E-state index is 12.1. The zero-order valence-electron chi connectivity index (χ0n) is 20.0. The van der Waals surface area contributed by atoms with E-state index < -0.39 is 20.5 Å². The van der Waals surface area contributed by atoms with Crippen LogP contribution in [0.5, 0.6) is 5.88 Å². The van der Waals surface area contributed by atoms with Gasteiger partial charge >= 0.3 is 6.09 Å². The van der Waals surface area contributed by atoms with Gasteiger partial charge in [0.15, 0.2) is 8.32 Å². The van der Waals surface area contributed by atoms with E-state index in [1.54, 1.807) is 12.1 Å². The van der Waals surface area contributed by atoms with Crippen molar-refractivity contribution in [3.8, 4) is 5.88 Å². The van der Waals surface area contributed by atoms with E-state index in [0.717, 1.165) is 11.3 Å². The van der Waals surface area contributed by atoms with Gasteiger partial charge in [-0.15, -0.1) is 0 Å². The maximum Gasteiger partial charge on any atom is 0.412 e. The third-order valence-corrected chi connectivity index (χ3v) is 10.2. The summed E-state index contributed by atoms with van der Waals surface area (Å²) in [5, 5.41) is 13.1. The minimum atomic E-state index is -1.89. The van der Waals surface area contributed by atoms with Crippen LogP contribution in [0, 0.1) is 0 Å². The number of carbonyl (C=O) groups is 1. The molecule has 2 N–H and O–H groups in total. The molecule has 1 amide bonds. The lowest BCUT2D eigenvalue weighted by Crippen LogP contribution is -2.42. The van der Waals surface area contributed by atoms with Crippen LogP contribution < -0.4 is 10.1 Å². The van der Waals surface area contributed by atoms with Crippen molar-refractivity contribution >= 4 is 20.1 Å². The molecule has 0 aliphatic rings. The smallest absolute Gasteiger partial charge is 0.412 e. The number of hydrogen-bond donors (Lipinski definition) is 2. The number of rotatable bonds is 10. The Morgan fingerprint density at radius 3 is 2.47 bits per heavy atom. The average Bonchev–Trinajstić information content (AvgIpc) is 2.75. The molecule has 0 saturated heterocycles. The predicted molar refractivity (Wildman–Crippen MR) is 129 cm³/mol. The number of nitrogens with one attached hydrogen (secondary N) is 1. The van der Waals surface area contributed by atoms with E-state index >= 15 is 0 Å². The van der Waals surface area contributed by atoms with Crippen LogP contribution in [0.15, 0.2) is 42.5 Å². The number of aliphatic hydroxyl groups excluding tert-OH is 1. The van der Waals surface area contributed by atoms with Gasteiger partial charge in [0, 0.05) is 5.69 Å². The van der Waals surface area contributed by atoms with E-state index in [1.165, 1.54) is 7.11 Å². The van der Waals surface area contributed by atoms with Crippen LogP contribution in [-0.4, -0.2) is 44.3 Å². The lowest BCUT2D eigenvalue weighted by atomic mass is 10.1. The quantitative estimate of drug-likeness (QED) is 0.476. The molecule has 0 aliphatic heterocycles. The maximum atomic E-state index is 12.1. The molecule has 2 rings (SSSR count). The molecule has 0 radical (unpaired) electrons. The first-order chi connectivity index (χ1) is 15.0. The highest BCUT2D eigenvalue weighted by molar-refractivity contribution is 6.74. The number of amides is 1. The fourth-order valence-electron chi connectivity index (χ4n) is 2.66. The number of aromatic nitrogens is 1. The van der Waals surface area contributed by atoms with Crippen molar-refractivity contribution in [2.24, 2.45) is 0 Å². The Hall–Kier alpha value is -2.42.